The van der Waals surface area contributed by atoms with Gasteiger partial charge in [0.1, 0.15) is 0 Å². The van der Waals surface area contributed by atoms with Crippen LogP contribution < -0.4 is 0 Å². The molecule has 0 fully saturated rings. The molecule has 0 saturated carbocycles. The standard InChI is InChI=1S/C11H8ClN3/c12-9-2-1-3-11(8-9)15-14-10-4-6-13-7-5-10/h1-8H. The van der Waals surface area contributed by atoms with Crippen molar-refractivity contribution in [2.75, 3.05) is 0 Å². The van der Waals surface area contributed by atoms with E-state index in [1.807, 2.05) is 12.1 Å². The van der Waals surface area contributed by atoms with Crippen molar-refractivity contribution >= 4 is 23.0 Å². The van der Waals surface area contributed by atoms with Gasteiger partial charge in [-0.3, -0.25) is 4.98 Å². The van der Waals surface area contributed by atoms with Crippen molar-refractivity contribution in [3.63, 3.8) is 0 Å². The van der Waals surface area contributed by atoms with Crippen molar-refractivity contribution in [3.8, 4) is 0 Å². The highest BCUT2D eigenvalue weighted by atomic mass is 35.5. The van der Waals surface area contributed by atoms with Crippen LogP contribution in [0.25, 0.3) is 0 Å². The number of nitrogens with zero attached hydrogens (tertiary/aromatic N) is 3. The maximum atomic E-state index is 5.81. The maximum Gasteiger partial charge on any atom is 0.0887 e. The molecule has 0 saturated heterocycles. The second kappa shape index (κ2) is 4.66. The number of hydrogen-bond acceptors (Lipinski definition) is 3. The second-order valence-corrected chi connectivity index (χ2v) is 3.32. The summed E-state index contributed by atoms with van der Waals surface area (Å²) >= 11 is 5.81. The summed E-state index contributed by atoms with van der Waals surface area (Å²) in [5, 5.41) is 8.75. The minimum atomic E-state index is 0.654. The Morgan fingerprint density at radius 3 is 2.40 bits per heavy atom. The number of aromatic nitrogens is 1. The predicted molar refractivity (Wildman–Crippen MR) is 59.9 cm³/mol. The zero-order valence-corrected chi connectivity index (χ0v) is 8.59. The summed E-state index contributed by atoms with van der Waals surface area (Å²) in [6, 6.07) is 10.8. The van der Waals surface area contributed by atoms with E-state index in [9.17, 15) is 0 Å². The summed E-state index contributed by atoms with van der Waals surface area (Å²) < 4.78 is 0. The minimum Gasteiger partial charge on any atom is -0.265 e. The fourth-order valence-corrected chi connectivity index (χ4v) is 1.25. The lowest BCUT2D eigenvalue weighted by Gasteiger charge is -1.93. The fourth-order valence-electron chi connectivity index (χ4n) is 1.06. The van der Waals surface area contributed by atoms with Gasteiger partial charge in [0.05, 0.1) is 11.4 Å². The molecule has 4 heteroatoms. The normalized spacial score (nSPS) is 10.7. The van der Waals surface area contributed by atoms with Crippen LogP contribution in [-0.2, 0) is 0 Å². The van der Waals surface area contributed by atoms with E-state index < -0.39 is 0 Å². The first kappa shape index (κ1) is 9.80. The third kappa shape index (κ3) is 2.86. The Morgan fingerprint density at radius 1 is 0.933 bits per heavy atom. The molecule has 0 aliphatic rings. The van der Waals surface area contributed by atoms with Crippen molar-refractivity contribution in [1.29, 1.82) is 0 Å². The smallest absolute Gasteiger partial charge is 0.0887 e. The van der Waals surface area contributed by atoms with Crippen LogP contribution in [0, 0.1) is 0 Å². The Kier molecular flexibility index (Phi) is 3.05. The third-order valence-corrected chi connectivity index (χ3v) is 1.99. The molecule has 1 heterocycles. The van der Waals surface area contributed by atoms with E-state index in [-0.39, 0.29) is 0 Å². The average molecular weight is 218 g/mol. The van der Waals surface area contributed by atoms with Crippen LogP contribution in [0.1, 0.15) is 0 Å². The first-order chi connectivity index (χ1) is 7.34. The summed E-state index contributed by atoms with van der Waals surface area (Å²) in [5.41, 5.74) is 1.50. The minimum absolute atomic E-state index is 0.654. The molecule has 2 aromatic rings. The fraction of sp³-hybridized carbons (Fsp3) is 0. The highest BCUT2D eigenvalue weighted by molar-refractivity contribution is 6.30. The molecule has 0 unspecified atom stereocenters. The molecule has 0 atom stereocenters. The molecule has 0 bridgehead atoms. The van der Waals surface area contributed by atoms with E-state index in [4.69, 9.17) is 11.6 Å². The molecular weight excluding hydrogens is 210 g/mol. The Labute approximate surface area is 92.5 Å². The van der Waals surface area contributed by atoms with Gasteiger partial charge in [0.25, 0.3) is 0 Å². The first-order valence-electron chi connectivity index (χ1n) is 4.42. The number of halogens is 1. The van der Waals surface area contributed by atoms with Crippen molar-refractivity contribution in [3.05, 3.63) is 53.8 Å². The first-order valence-corrected chi connectivity index (χ1v) is 4.80. The molecule has 2 rings (SSSR count). The SMILES string of the molecule is Clc1cccc(N=Nc2ccncc2)c1. The van der Waals surface area contributed by atoms with Gasteiger partial charge in [0.15, 0.2) is 0 Å². The molecule has 0 N–H and O–H groups in total. The van der Waals surface area contributed by atoms with Gasteiger partial charge >= 0.3 is 0 Å². The van der Waals surface area contributed by atoms with Crippen LogP contribution in [0.2, 0.25) is 5.02 Å². The van der Waals surface area contributed by atoms with Crippen molar-refractivity contribution in [2.24, 2.45) is 10.2 Å². The molecule has 0 radical (unpaired) electrons. The van der Waals surface area contributed by atoms with Gasteiger partial charge in [0, 0.05) is 17.4 Å². The zero-order valence-electron chi connectivity index (χ0n) is 7.84. The monoisotopic (exact) mass is 217 g/mol. The molecular formula is C11H8ClN3. The van der Waals surface area contributed by atoms with E-state index in [2.05, 4.69) is 15.2 Å². The van der Waals surface area contributed by atoms with Gasteiger partial charge in [-0.15, -0.1) is 0 Å². The Morgan fingerprint density at radius 2 is 1.67 bits per heavy atom. The van der Waals surface area contributed by atoms with Gasteiger partial charge in [-0.25, -0.2) is 0 Å². The van der Waals surface area contributed by atoms with Gasteiger partial charge < -0.3 is 0 Å². The number of rotatable bonds is 2. The number of hydrogen-bond donors (Lipinski definition) is 0. The van der Waals surface area contributed by atoms with Gasteiger partial charge in [-0.05, 0) is 30.3 Å². The van der Waals surface area contributed by atoms with Gasteiger partial charge in [-0.2, -0.15) is 10.2 Å². The summed E-state index contributed by atoms with van der Waals surface area (Å²) in [5.74, 6) is 0. The van der Waals surface area contributed by atoms with Crippen LogP contribution in [0.4, 0.5) is 11.4 Å². The van der Waals surface area contributed by atoms with Gasteiger partial charge in [0.2, 0.25) is 0 Å². The topological polar surface area (TPSA) is 37.6 Å². The molecule has 74 valence electrons. The van der Waals surface area contributed by atoms with Crippen LogP contribution in [0.3, 0.4) is 0 Å². The number of pyridine rings is 1. The largest absolute Gasteiger partial charge is 0.265 e. The van der Waals surface area contributed by atoms with Crippen molar-refractivity contribution < 1.29 is 0 Å². The predicted octanol–water partition coefficient (Wildman–Crippen LogP) is 4.15. The molecule has 0 aliphatic heterocycles. The van der Waals surface area contributed by atoms with Crippen LogP contribution in [-0.4, -0.2) is 4.98 Å². The Bertz CT molecular complexity index is 468. The summed E-state index contributed by atoms with van der Waals surface area (Å²) in [7, 11) is 0. The molecule has 0 amide bonds. The second-order valence-electron chi connectivity index (χ2n) is 2.89. The molecule has 0 aliphatic carbocycles. The lowest BCUT2D eigenvalue weighted by atomic mass is 10.3. The number of benzene rings is 1. The Hall–Kier alpha value is -1.74. The maximum absolute atomic E-state index is 5.81. The molecule has 0 spiro atoms. The lowest BCUT2D eigenvalue weighted by Crippen LogP contribution is -1.67. The van der Waals surface area contributed by atoms with E-state index in [1.54, 1.807) is 36.7 Å². The summed E-state index contributed by atoms with van der Waals surface area (Å²) in [4.78, 5) is 3.89. The molecule has 1 aromatic carbocycles. The lowest BCUT2D eigenvalue weighted by molar-refractivity contribution is 1.21. The zero-order chi connectivity index (χ0) is 10.5. The van der Waals surface area contributed by atoms with E-state index in [0.29, 0.717) is 5.02 Å². The number of azo groups is 1. The van der Waals surface area contributed by atoms with Crippen molar-refractivity contribution in [1.82, 2.24) is 4.98 Å². The highest BCUT2D eigenvalue weighted by Crippen LogP contribution is 2.20. The van der Waals surface area contributed by atoms with E-state index >= 15 is 0 Å². The average Bonchev–Trinajstić information content (AvgIpc) is 2.28. The summed E-state index contributed by atoms with van der Waals surface area (Å²) in [6.07, 6.45) is 3.35. The van der Waals surface area contributed by atoms with Crippen LogP contribution in [0.5, 0.6) is 0 Å². The van der Waals surface area contributed by atoms with Gasteiger partial charge in [-0.1, -0.05) is 17.7 Å². The summed E-state index contributed by atoms with van der Waals surface area (Å²) in [6.45, 7) is 0. The molecule has 15 heavy (non-hydrogen) atoms. The third-order valence-electron chi connectivity index (χ3n) is 1.75. The highest BCUT2D eigenvalue weighted by Gasteiger charge is 1.91. The van der Waals surface area contributed by atoms with Crippen LogP contribution in [0.15, 0.2) is 59.0 Å². The van der Waals surface area contributed by atoms with E-state index in [1.165, 1.54) is 0 Å². The quantitative estimate of drug-likeness (QED) is 0.697. The Balaban J connectivity index is 2.19. The van der Waals surface area contributed by atoms with E-state index in [0.717, 1.165) is 11.4 Å². The molecule has 3 nitrogen and oxygen atoms in total. The van der Waals surface area contributed by atoms with Crippen LogP contribution >= 0.6 is 11.6 Å². The molecule has 1 aromatic heterocycles. The van der Waals surface area contributed by atoms with Crippen molar-refractivity contribution in [2.45, 2.75) is 0 Å².